The zero-order valence-corrected chi connectivity index (χ0v) is 29.0. The predicted molar refractivity (Wildman–Crippen MR) is 197 cm³/mol. The van der Waals surface area contributed by atoms with Crippen molar-refractivity contribution in [3.8, 4) is 22.3 Å². The highest BCUT2D eigenvalue weighted by molar-refractivity contribution is 6.31. The summed E-state index contributed by atoms with van der Waals surface area (Å²) in [7, 11) is 0. The molecule has 4 heterocycles. The van der Waals surface area contributed by atoms with E-state index < -0.39 is 0 Å². The third kappa shape index (κ3) is 8.76. The molecular weight excluding hydrogens is 655 g/mol. The number of halogens is 2. The van der Waals surface area contributed by atoms with E-state index in [1.54, 1.807) is 36.9 Å². The van der Waals surface area contributed by atoms with Crippen LogP contribution in [0.3, 0.4) is 0 Å². The molecular formula is C39H36Cl2N6O2. The van der Waals surface area contributed by atoms with Gasteiger partial charge in [0, 0.05) is 69.8 Å². The van der Waals surface area contributed by atoms with Gasteiger partial charge in [-0.05, 0) is 83.8 Å². The fraction of sp³-hybridized carbons (Fsp3) is 0.231. The Bertz CT molecular complexity index is 2130. The minimum Gasteiger partial charge on any atom is -0.350 e. The fourth-order valence-corrected chi connectivity index (χ4v) is 5.36. The molecule has 0 spiro atoms. The molecule has 10 heteroatoms. The second kappa shape index (κ2) is 14.7. The van der Waals surface area contributed by atoms with Gasteiger partial charge in [0.05, 0.1) is 11.0 Å². The van der Waals surface area contributed by atoms with Crippen LogP contribution >= 0.6 is 23.2 Å². The van der Waals surface area contributed by atoms with Crippen LogP contribution in [0.4, 0.5) is 0 Å². The summed E-state index contributed by atoms with van der Waals surface area (Å²) in [6, 6.07) is 22.3. The van der Waals surface area contributed by atoms with Gasteiger partial charge in [-0.2, -0.15) is 0 Å². The molecule has 2 amide bonds. The van der Waals surface area contributed by atoms with Crippen molar-refractivity contribution in [1.82, 2.24) is 30.6 Å². The Kier molecular flexibility index (Phi) is 10.2. The van der Waals surface area contributed by atoms with Crippen molar-refractivity contribution >= 4 is 56.8 Å². The van der Waals surface area contributed by atoms with E-state index in [4.69, 9.17) is 23.2 Å². The molecule has 0 aliphatic heterocycles. The molecule has 0 unspecified atom stereocenters. The number of pyridine rings is 4. The minimum atomic E-state index is -0.171. The second-order valence-electron chi connectivity index (χ2n) is 13.3. The highest BCUT2D eigenvalue weighted by atomic mass is 35.5. The third-order valence-corrected chi connectivity index (χ3v) is 8.50. The van der Waals surface area contributed by atoms with E-state index in [1.165, 1.54) is 12.8 Å². The number of fused-ring (bicyclic) bond motifs is 2. The number of amides is 2. The summed E-state index contributed by atoms with van der Waals surface area (Å²) in [6.45, 7) is 7.55. The van der Waals surface area contributed by atoms with Crippen molar-refractivity contribution < 1.29 is 9.59 Å². The van der Waals surface area contributed by atoms with Gasteiger partial charge < -0.3 is 10.6 Å². The van der Waals surface area contributed by atoms with Gasteiger partial charge in [-0.25, -0.2) is 9.97 Å². The molecule has 6 aromatic rings. The van der Waals surface area contributed by atoms with Crippen LogP contribution < -0.4 is 10.6 Å². The normalized spacial score (nSPS) is 12.7. The van der Waals surface area contributed by atoms with E-state index >= 15 is 0 Å². The van der Waals surface area contributed by atoms with Crippen LogP contribution in [0.1, 0.15) is 54.6 Å². The van der Waals surface area contributed by atoms with Crippen molar-refractivity contribution in [3.05, 3.63) is 119 Å². The molecule has 248 valence electrons. The average molecular weight is 692 g/mol. The number of hydrogen-bond acceptors (Lipinski definition) is 6. The molecule has 1 saturated carbocycles. The Morgan fingerprint density at radius 2 is 1.10 bits per heavy atom. The lowest BCUT2D eigenvalue weighted by atomic mass is 9.97. The smallest absolute Gasteiger partial charge is 0.269 e. The molecule has 2 N–H and O–H groups in total. The molecule has 0 atom stereocenters. The maximum atomic E-state index is 12.4. The van der Waals surface area contributed by atoms with Gasteiger partial charge in [0.15, 0.2) is 0 Å². The van der Waals surface area contributed by atoms with Crippen LogP contribution in [0.25, 0.3) is 44.1 Å². The summed E-state index contributed by atoms with van der Waals surface area (Å²) >= 11 is 11.9. The Labute approximate surface area is 295 Å². The number of hydrogen-bond donors (Lipinski definition) is 2. The highest BCUT2D eigenvalue weighted by Crippen LogP contribution is 2.30. The Morgan fingerprint density at radius 1 is 0.653 bits per heavy atom. The average Bonchev–Trinajstić information content (AvgIpc) is 3.94. The Morgan fingerprint density at radius 3 is 1.53 bits per heavy atom. The lowest BCUT2D eigenvalue weighted by molar-refractivity contribution is 0.0931. The van der Waals surface area contributed by atoms with Crippen LogP contribution in [0.15, 0.2) is 97.6 Å². The summed E-state index contributed by atoms with van der Waals surface area (Å²) < 4.78 is 0. The number of rotatable bonds is 7. The van der Waals surface area contributed by atoms with Gasteiger partial charge in [0.2, 0.25) is 0 Å². The largest absolute Gasteiger partial charge is 0.350 e. The highest BCUT2D eigenvalue weighted by Gasteiger charge is 2.22. The van der Waals surface area contributed by atoms with Crippen LogP contribution in [0.5, 0.6) is 0 Å². The molecule has 0 radical (unpaired) electrons. The standard InChI is InChI=1S/C20H20ClN3O.C19H16ClN3O/c1-20(2,3)12-23-19(25)17-9-6-14-10-22-11-16(18(14)24-17)13-4-7-15(21)8-5-13;20-15-6-3-13(4-7-15)16-11-21-10-14-5-8-17(23-18(14)16)19(24)22-9-12-1-2-12/h4-11H,12H2,1-3H3,(H,23,25);3-8,10-12H,1-2,9H2,(H,22,24). The molecule has 49 heavy (non-hydrogen) atoms. The van der Waals surface area contributed by atoms with Crippen molar-refractivity contribution in [2.24, 2.45) is 11.3 Å². The lowest BCUT2D eigenvalue weighted by Gasteiger charge is -2.18. The Balaban J connectivity index is 0.000000170. The zero-order chi connectivity index (χ0) is 34.5. The van der Waals surface area contributed by atoms with Gasteiger partial charge >= 0.3 is 0 Å². The van der Waals surface area contributed by atoms with Gasteiger partial charge in [-0.15, -0.1) is 0 Å². The fourth-order valence-electron chi connectivity index (χ4n) is 5.11. The summed E-state index contributed by atoms with van der Waals surface area (Å²) in [4.78, 5) is 42.5. The number of carbonyl (C=O) groups excluding carboxylic acids is 2. The summed E-state index contributed by atoms with van der Waals surface area (Å²) in [5.41, 5.74) is 6.07. The maximum absolute atomic E-state index is 12.4. The topological polar surface area (TPSA) is 110 Å². The minimum absolute atomic E-state index is 0.0187. The first-order valence-corrected chi connectivity index (χ1v) is 16.9. The predicted octanol–water partition coefficient (Wildman–Crippen LogP) is 8.82. The van der Waals surface area contributed by atoms with E-state index in [1.807, 2.05) is 60.7 Å². The van der Waals surface area contributed by atoms with Crippen molar-refractivity contribution in [3.63, 3.8) is 0 Å². The molecule has 2 aromatic carbocycles. The van der Waals surface area contributed by atoms with Crippen LogP contribution in [0.2, 0.25) is 10.0 Å². The molecule has 8 nitrogen and oxygen atoms in total. The van der Waals surface area contributed by atoms with E-state index in [9.17, 15) is 9.59 Å². The first kappa shape index (κ1) is 34.0. The summed E-state index contributed by atoms with van der Waals surface area (Å²) in [5.74, 6) is 0.349. The van der Waals surface area contributed by atoms with E-state index in [0.717, 1.165) is 50.6 Å². The van der Waals surface area contributed by atoms with Gasteiger partial charge in [-0.1, -0.05) is 68.2 Å². The van der Waals surface area contributed by atoms with Gasteiger partial charge in [0.25, 0.3) is 11.8 Å². The van der Waals surface area contributed by atoms with Crippen LogP contribution in [0, 0.1) is 11.3 Å². The maximum Gasteiger partial charge on any atom is 0.269 e. The first-order chi connectivity index (χ1) is 23.5. The van der Waals surface area contributed by atoms with Crippen molar-refractivity contribution in [2.45, 2.75) is 33.6 Å². The van der Waals surface area contributed by atoms with Crippen molar-refractivity contribution in [2.75, 3.05) is 13.1 Å². The molecule has 1 fully saturated rings. The quantitative estimate of drug-likeness (QED) is 0.173. The molecule has 4 aromatic heterocycles. The molecule has 1 aliphatic rings. The number of benzene rings is 2. The molecule has 1 aliphatic carbocycles. The van der Waals surface area contributed by atoms with E-state index in [2.05, 4.69) is 51.3 Å². The summed E-state index contributed by atoms with van der Waals surface area (Å²) in [6.07, 6.45) is 9.45. The third-order valence-electron chi connectivity index (χ3n) is 8.00. The SMILES string of the molecule is CC(C)(C)CNC(=O)c1ccc2cncc(-c3ccc(Cl)cc3)c2n1.O=C(NCC1CC1)c1ccc2cncc(-c3ccc(Cl)cc3)c2n1. The number of aromatic nitrogens is 4. The molecule has 7 rings (SSSR count). The number of carbonyl (C=O) groups is 2. The zero-order valence-electron chi connectivity index (χ0n) is 27.5. The number of nitrogens with zero attached hydrogens (tertiary/aromatic N) is 4. The summed E-state index contributed by atoms with van der Waals surface area (Å²) in [5, 5.41) is 9.04. The van der Waals surface area contributed by atoms with Crippen LogP contribution in [-0.2, 0) is 0 Å². The first-order valence-electron chi connectivity index (χ1n) is 16.1. The van der Waals surface area contributed by atoms with Gasteiger partial charge in [-0.3, -0.25) is 19.6 Å². The van der Waals surface area contributed by atoms with E-state index in [-0.39, 0.29) is 17.2 Å². The molecule has 0 bridgehead atoms. The van der Waals surface area contributed by atoms with Gasteiger partial charge in [0.1, 0.15) is 11.4 Å². The van der Waals surface area contributed by atoms with E-state index in [0.29, 0.717) is 33.9 Å². The molecule has 0 saturated heterocycles. The number of nitrogens with one attached hydrogen (secondary N) is 2. The van der Waals surface area contributed by atoms with Crippen LogP contribution in [-0.4, -0.2) is 44.8 Å². The van der Waals surface area contributed by atoms with Crippen molar-refractivity contribution in [1.29, 1.82) is 0 Å². The Hall–Kier alpha value is -4.92. The lowest BCUT2D eigenvalue weighted by Crippen LogP contribution is -2.32. The second-order valence-corrected chi connectivity index (χ2v) is 14.2. The monoisotopic (exact) mass is 690 g/mol.